The van der Waals surface area contributed by atoms with Gasteiger partial charge < -0.3 is 19.3 Å². The van der Waals surface area contributed by atoms with E-state index in [1.54, 1.807) is 32.2 Å². The molecule has 2 aromatic carbocycles. The molecule has 0 radical (unpaired) electrons. The van der Waals surface area contributed by atoms with Crippen molar-refractivity contribution >= 4 is 32.6 Å². The Balaban J connectivity index is 1.56. The molecule has 0 amide bonds. The molecule has 2 heterocycles. The van der Waals surface area contributed by atoms with Crippen molar-refractivity contribution in [3.8, 4) is 5.75 Å². The number of aromatic nitrogens is 1. The van der Waals surface area contributed by atoms with Gasteiger partial charge >= 0.3 is 12.3 Å². The average molecular weight is 512 g/mol. The molecule has 3 aromatic rings. The summed E-state index contributed by atoms with van der Waals surface area (Å²) in [5.74, 6) is -1.36. The highest BCUT2D eigenvalue weighted by Crippen LogP contribution is 2.31. The van der Waals surface area contributed by atoms with Crippen molar-refractivity contribution in [2.45, 2.75) is 43.7 Å². The van der Waals surface area contributed by atoms with E-state index in [0.717, 1.165) is 5.39 Å². The van der Waals surface area contributed by atoms with E-state index in [-0.39, 0.29) is 17.2 Å². The highest BCUT2D eigenvalue weighted by Gasteiger charge is 2.39. The van der Waals surface area contributed by atoms with Crippen LogP contribution in [-0.4, -0.2) is 59.9 Å². The fourth-order valence-corrected chi connectivity index (χ4v) is 6.41. The molecule has 35 heavy (non-hydrogen) atoms. The molecule has 1 saturated heterocycles. The van der Waals surface area contributed by atoms with Crippen LogP contribution in [0.15, 0.2) is 59.6 Å². The second-order valence-electron chi connectivity index (χ2n) is 8.54. The number of piperazine rings is 1. The zero-order valence-electron chi connectivity index (χ0n) is 18.9. The van der Waals surface area contributed by atoms with Gasteiger partial charge in [0.15, 0.2) is 0 Å². The molecule has 0 bridgehead atoms. The van der Waals surface area contributed by atoms with Crippen molar-refractivity contribution < 1.29 is 36.2 Å². The number of rotatable bonds is 6. The summed E-state index contributed by atoms with van der Waals surface area (Å²) in [6.45, 7) is 3.92. The third-order valence-electron chi connectivity index (χ3n) is 5.90. The quantitative estimate of drug-likeness (QED) is 0.540. The molecule has 1 aliphatic rings. The molecule has 12 heteroatoms. The van der Waals surface area contributed by atoms with Crippen molar-refractivity contribution in [2.24, 2.45) is 0 Å². The molecule has 0 saturated carbocycles. The van der Waals surface area contributed by atoms with E-state index in [4.69, 9.17) is 5.11 Å². The first-order chi connectivity index (χ1) is 16.3. The topological polar surface area (TPSA) is 92.1 Å². The lowest BCUT2D eigenvalue weighted by Crippen LogP contribution is -2.58. The lowest BCUT2D eigenvalue weighted by Gasteiger charge is -2.44. The van der Waals surface area contributed by atoms with E-state index in [0.29, 0.717) is 24.3 Å². The maximum atomic E-state index is 13.6. The molecule has 1 N–H and O–H groups in total. The number of nitrogens with zero attached hydrogens (tertiary/aromatic N) is 3. The number of halogens is 3. The summed E-state index contributed by atoms with van der Waals surface area (Å²) >= 11 is 0. The minimum atomic E-state index is -4.77. The van der Waals surface area contributed by atoms with Gasteiger partial charge in [-0.2, -0.15) is 4.31 Å². The van der Waals surface area contributed by atoms with E-state index >= 15 is 0 Å². The Morgan fingerprint density at radius 1 is 1.06 bits per heavy atom. The molecule has 1 aromatic heterocycles. The van der Waals surface area contributed by atoms with E-state index in [9.17, 15) is 26.4 Å². The molecule has 2 unspecified atom stereocenters. The van der Waals surface area contributed by atoms with Crippen molar-refractivity contribution in [3.63, 3.8) is 0 Å². The van der Waals surface area contributed by atoms with Gasteiger partial charge in [-0.3, -0.25) is 4.79 Å². The van der Waals surface area contributed by atoms with Gasteiger partial charge in [0.1, 0.15) is 12.3 Å². The lowest BCUT2D eigenvalue weighted by atomic mass is 10.1. The predicted molar refractivity (Wildman–Crippen MR) is 123 cm³/mol. The number of carboxylic acid groups (broad SMARTS) is 1. The number of carboxylic acids is 1. The van der Waals surface area contributed by atoms with Gasteiger partial charge in [0.25, 0.3) is 0 Å². The number of ether oxygens (including phenoxy) is 1. The van der Waals surface area contributed by atoms with Gasteiger partial charge in [0.05, 0.1) is 4.90 Å². The summed E-state index contributed by atoms with van der Waals surface area (Å²) in [6.07, 6.45) is -3.17. The summed E-state index contributed by atoms with van der Waals surface area (Å²) in [4.78, 5) is 13.1. The monoisotopic (exact) mass is 511 g/mol. The van der Waals surface area contributed by atoms with Gasteiger partial charge in [-0.05, 0) is 61.7 Å². The SMILES string of the molecule is CC1CN(c2ccc(OC(F)(F)F)cc2)CC(C)N1S(=O)(=O)c1ccc2ccn(CC(=O)O)c2c1. The Hall–Kier alpha value is -3.25. The van der Waals surface area contributed by atoms with E-state index in [1.807, 2.05) is 4.90 Å². The zero-order valence-corrected chi connectivity index (χ0v) is 19.8. The van der Waals surface area contributed by atoms with Crippen LogP contribution in [0.3, 0.4) is 0 Å². The third-order valence-corrected chi connectivity index (χ3v) is 8.02. The van der Waals surface area contributed by atoms with Crippen LogP contribution in [0.25, 0.3) is 10.9 Å². The van der Waals surface area contributed by atoms with Crippen LogP contribution in [0.2, 0.25) is 0 Å². The second-order valence-corrected chi connectivity index (χ2v) is 10.4. The standard InChI is InChI=1S/C23H24F3N3O5S/c1-15-12-28(18-4-6-19(7-5-18)34-23(24,25)26)13-16(2)29(15)35(32,33)20-8-3-17-9-10-27(14-22(30)31)21(17)11-20/h3-11,15-16H,12-14H2,1-2H3,(H,30,31). The maximum Gasteiger partial charge on any atom is 0.573 e. The normalized spacial score (nSPS) is 19.7. The highest BCUT2D eigenvalue weighted by molar-refractivity contribution is 7.89. The number of sulfonamides is 1. The van der Waals surface area contributed by atoms with Crippen molar-refractivity contribution in [1.29, 1.82) is 0 Å². The molecule has 1 aliphatic heterocycles. The molecule has 188 valence electrons. The predicted octanol–water partition coefficient (Wildman–Crippen LogP) is 3.91. The number of benzene rings is 2. The highest BCUT2D eigenvalue weighted by atomic mass is 32.2. The fourth-order valence-electron chi connectivity index (χ4n) is 4.58. The summed E-state index contributed by atoms with van der Waals surface area (Å²) in [7, 11) is -3.91. The Labute approximate surface area is 200 Å². The molecular formula is C23H24F3N3O5S. The zero-order chi connectivity index (χ0) is 25.5. The lowest BCUT2D eigenvalue weighted by molar-refractivity contribution is -0.274. The van der Waals surface area contributed by atoms with Crippen LogP contribution in [0, 0.1) is 0 Å². The number of aliphatic carboxylic acids is 1. The summed E-state index contributed by atoms with van der Waals surface area (Å²) in [5.41, 5.74) is 1.16. The smallest absolute Gasteiger partial charge is 0.480 e. The Bertz CT molecular complexity index is 1330. The number of hydrogen-bond donors (Lipinski definition) is 1. The Morgan fingerprint density at radius 3 is 2.26 bits per heavy atom. The van der Waals surface area contributed by atoms with Crippen LogP contribution < -0.4 is 9.64 Å². The van der Waals surface area contributed by atoms with Gasteiger partial charge in [-0.25, -0.2) is 8.42 Å². The maximum absolute atomic E-state index is 13.6. The summed E-state index contributed by atoms with van der Waals surface area (Å²) in [6, 6.07) is 11.0. The first kappa shape index (κ1) is 24.9. The fraction of sp³-hybridized carbons (Fsp3) is 0.348. The number of fused-ring (bicyclic) bond motifs is 1. The molecule has 0 spiro atoms. The Morgan fingerprint density at radius 2 is 1.69 bits per heavy atom. The molecule has 1 fully saturated rings. The van der Waals surface area contributed by atoms with Crippen molar-refractivity contribution in [1.82, 2.24) is 8.87 Å². The number of anilines is 1. The summed E-state index contributed by atoms with van der Waals surface area (Å²) in [5, 5.41) is 9.85. The van der Waals surface area contributed by atoms with E-state index < -0.39 is 34.4 Å². The van der Waals surface area contributed by atoms with Crippen LogP contribution in [-0.2, 0) is 21.4 Å². The largest absolute Gasteiger partial charge is 0.573 e. The van der Waals surface area contributed by atoms with Crippen molar-refractivity contribution in [3.05, 3.63) is 54.7 Å². The Kier molecular flexibility index (Phi) is 6.45. The molecular weight excluding hydrogens is 487 g/mol. The molecule has 4 rings (SSSR count). The van der Waals surface area contributed by atoms with Crippen LogP contribution >= 0.6 is 0 Å². The number of alkyl halides is 3. The van der Waals surface area contributed by atoms with Gasteiger partial charge in [0.2, 0.25) is 10.0 Å². The van der Waals surface area contributed by atoms with Gasteiger partial charge in [0, 0.05) is 42.6 Å². The number of carbonyl (C=O) groups is 1. The average Bonchev–Trinajstić information content (AvgIpc) is 3.14. The summed E-state index contributed by atoms with van der Waals surface area (Å²) < 4.78 is 71.2. The molecule has 0 aliphatic carbocycles. The third kappa shape index (κ3) is 5.22. The van der Waals surface area contributed by atoms with Crippen molar-refractivity contribution in [2.75, 3.05) is 18.0 Å². The van der Waals surface area contributed by atoms with Gasteiger partial charge in [-0.15, -0.1) is 13.2 Å². The van der Waals surface area contributed by atoms with Crippen LogP contribution in [0.1, 0.15) is 13.8 Å². The van der Waals surface area contributed by atoms with E-state index in [2.05, 4.69) is 4.74 Å². The van der Waals surface area contributed by atoms with Crippen LogP contribution in [0.4, 0.5) is 18.9 Å². The molecule has 8 nitrogen and oxygen atoms in total. The van der Waals surface area contributed by atoms with E-state index in [1.165, 1.54) is 45.3 Å². The first-order valence-corrected chi connectivity index (χ1v) is 12.2. The minimum Gasteiger partial charge on any atom is -0.480 e. The van der Waals surface area contributed by atoms with Crippen LogP contribution in [0.5, 0.6) is 5.75 Å². The van der Waals surface area contributed by atoms with Gasteiger partial charge in [-0.1, -0.05) is 6.07 Å². The second kappa shape index (κ2) is 9.08. The first-order valence-electron chi connectivity index (χ1n) is 10.8. The molecule has 2 atom stereocenters. The minimum absolute atomic E-state index is 0.0659. The number of hydrogen-bond acceptors (Lipinski definition) is 5.